The lowest BCUT2D eigenvalue weighted by atomic mass is 10.2. The summed E-state index contributed by atoms with van der Waals surface area (Å²) in [7, 11) is 1.58. The lowest BCUT2D eigenvalue weighted by molar-refractivity contribution is 0.414. The third kappa shape index (κ3) is 3.06. The molecule has 0 aliphatic heterocycles. The van der Waals surface area contributed by atoms with E-state index < -0.39 is 17.1 Å². The van der Waals surface area contributed by atoms with Gasteiger partial charge in [-0.3, -0.25) is 9.36 Å². The summed E-state index contributed by atoms with van der Waals surface area (Å²) in [6.45, 7) is 0.263. The highest BCUT2D eigenvalue weighted by Gasteiger charge is 2.16. The molecule has 27 heavy (non-hydrogen) atoms. The summed E-state index contributed by atoms with van der Waals surface area (Å²) in [5.74, 6) is 0.171. The highest BCUT2D eigenvalue weighted by Crippen LogP contribution is 2.19. The normalized spacial score (nSPS) is 11.0. The van der Waals surface area contributed by atoms with Crippen LogP contribution in [0, 0.1) is 5.82 Å². The third-order valence-corrected chi connectivity index (χ3v) is 5.19. The maximum Gasteiger partial charge on any atom is 0.336 e. The predicted octanol–water partition coefficient (Wildman–Crippen LogP) is 3.41. The maximum absolute atomic E-state index is 13.7. The predicted molar refractivity (Wildman–Crippen MR) is 104 cm³/mol. The number of fused-ring (bicyclic) bond motifs is 1. The quantitative estimate of drug-likeness (QED) is 0.544. The molecule has 136 valence electrons. The largest absolute Gasteiger partial charge is 0.497 e. The number of ether oxygens (including phenoxy) is 1. The Morgan fingerprint density at radius 1 is 1.07 bits per heavy atom. The minimum Gasteiger partial charge on any atom is -0.497 e. The summed E-state index contributed by atoms with van der Waals surface area (Å²) in [4.78, 5) is 26.0. The molecule has 0 radical (unpaired) electrons. The van der Waals surface area contributed by atoms with E-state index in [9.17, 15) is 14.0 Å². The summed E-state index contributed by atoms with van der Waals surface area (Å²) in [5, 5.41) is 1.77. The van der Waals surface area contributed by atoms with Crippen molar-refractivity contribution in [2.45, 2.75) is 6.54 Å². The van der Waals surface area contributed by atoms with Crippen molar-refractivity contribution in [1.29, 1.82) is 0 Å². The molecule has 7 heteroatoms. The summed E-state index contributed by atoms with van der Waals surface area (Å²) in [5.41, 5.74) is 0.662. The highest BCUT2D eigenvalue weighted by atomic mass is 32.1. The Morgan fingerprint density at radius 3 is 2.67 bits per heavy atom. The number of hydrogen-bond acceptors (Lipinski definition) is 4. The Morgan fingerprint density at radius 2 is 1.89 bits per heavy atom. The molecule has 2 aromatic carbocycles. The Labute approximate surface area is 157 Å². The van der Waals surface area contributed by atoms with Gasteiger partial charge in [0.15, 0.2) is 0 Å². The van der Waals surface area contributed by atoms with Gasteiger partial charge in [0.05, 0.1) is 24.9 Å². The van der Waals surface area contributed by atoms with Crippen LogP contribution in [0.4, 0.5) is 4.39 Å². The van der Waals surface area contributed by atoms with Crippen LogP contribution in [0.2, 0.25) is 0 Å². The van der Waals surface area contributed by atoms with Crippen LogP contribution in [0.25, 0.3) is 15.9 Å². The minimum absolute atomic E-state index is 0.208. The summed E-state index contributed by atoms with van der Waals surface area (Å²) in [6.07, 6.45) is 0. The van der Waals surface area contributed by atoms with Crippen LogP contribution in [0.15, 0.2) is 69.6 Å². The van der Waals surface area contributed by atoms with Crippen LogP contribution in [0.3, 0.4) is 0 Å². The van der Waals surface area contributed by atoms with Gasteiger partial charge in [0, 0.05) is 0 Å². The number of nitrogens with zero attached hydrogens (tertiary/aromatic N) is 2. The lowest BCUT2D eigenvalue weighted by Gasteiger charge is -2.13. The van der Waals surface area contributed by atoms with Gasteiger partial charge >= 0.3 is 5.69 Å². The molecular formula is C20H15FN2O3S. The molecule has 0 fully saturated rings. The average molecular weight is 382 g/mol. The first kappa shape index (κ1) is 17.2. The zero-order chi connectivity index (χ0) is 19.0. The minimum atomic E-state index is -0.515. The fraction of sp³-hybridized carbons (Fsp3) is 0.100. The molecule has 2 heterocycles. The Bertz CT molecular complexity index is 1260. The van der Waals surface area contributed by atoms with E-state index in [4.69, 9.17) is 4.74 Å². The maximum atomic E-state index is 13.7. The van der Waals surface area contributed by atoms with E-state index in [1.54, 1.807) is 24.6 Å². The molecule has 4 aromatic rings. The van der Waals surface area contributed by atoms with Gasteiger partial charge in [0.2, 0.25) is 0 Å². The van der Waals surface area contributed by atoms with Crippen molar-refractivity contribution in [3.05, 3.63) is 92.2 Å². The van der Waals surface area contributed by atoms with Gasteiger partial charge in [0.25, 0.3) is 5.56 Å². The van der Waals surface area contributed by atoms with Crippen LogP contribution in [-0.2, 0) is 6.54 Å². The third-order valence-electron chi connectivity index (χ3n) is 4.30. The first-order valence-corrected chi connectivity index (χ1v) is 9.08. The molecular weight excluding hydrogens is 367 g/mol. The van der Waals surface area contributed by atoms with Crippen LogP contribution in [0.5, 0.6) is 5.75 Å². The smallest absolute Gasteiger partial charge is 0.336 e. The van der Waals surface area contributed by atoms with E-state index in [1.807, 2.05) is 24.3 Å². The molecule has 0 saturated heterocycles. The van der Waals surface area contributed by atoms with E-state index in [2.05, 4.69) is 0 Å². The van der Waals surface area contributed by atoms with Gasteiger partial charge < -0.3 is 4.74 Å². The van der Waals surface area contributed by atoms with Gasteiger partial charge in [-0.15, -0.1) is 11.3 Å². The molecule has 0 aliphatic rings. The topological polar surface area (TPSA) is 53.2 Å². The fourth-order valence-corrected chi connectivity index (χ4v) is 3.86. The van der Waals surface area contributed by atoms with Crippen LogP contribution < -0.4 is 16.0 Å². The second kappa shape index (κ2) is 6.85. The van der Waals surface area contributed by atoms with Gasteiger partial charge in [-0.2, -0.15) is 0 Å². The van der Waals surface area contributed by atoms with Gasteiger partial charge in [-0.1, -0.05) is 18.2 Å². The number of halogens is 1. The van der Waals surface area contributed by atoms with Crippen molar-refractivity contribution >= 4 is 21.6 Å². The SMILES string of the molecule is COc1cccc(Cn2c(=O)n(-c3cccc(F)c3)c(=O)c3sccc32)c1. The van der Waals surface area contributed by atoms with Crippen molar-refractivity contribution < 1.29 is 9.13 Å². The monoisotopic (exact) mass is 382 g/mol. The second-order valence-electron chi connectivity index (χ2n) is 5.98. The summed E-state index contributed by atoms with van der Waals surface area (Å²) < 4.78 is 21.9. The molecule has 2 aromatic heterocycles. The molecule has 0 spiro atoms. The van der Waals surface area contributed by atoms with Gasteiger partial charge in [0.1, 0.15) is 16.3 Å². The van der Waals surface area contributed by atoms with Gasteiger partial charge in [-0.25, -0.2) is 13.8 Å². The lowest BCUT2D eigenvalue weighted by Crippen LogP contribution is -2.38. The molecule has 0 unspecified atom stereocenters. The second-order valence-corrected chi connectivity index (χ2v) is 6.89. The molecule has 0 bridgehead atoms. The zero-order valence-corrected chi connectivity index (χ0v) is 15.2. The number of hydrogen-bond donors (Lipinski definition) is 0. The van der Waals surface area contributed by atoms with Crippen molar-refractivity contribution in [1.82, 2.24) is 9.13 Å². The van der Waals surface area contributed by atoms with Crippen LogP contribution in [-0.4, -0.2) is 16.2 Å². The molecule has 4 rings (SSSR count). The Kier molecular flexibility index (Phi) is 4.37. The number of benzene rings is 2. The fourth-order valence-electron chi connectivity index (χ4n) is 3.04. The summed E-state index contributed by atoms with van der Waals surface area (Å²) in [6, 6.07) is 14.6. The average Bonchev–Trinajstić information content (AvgIpc) is 3.16. The molecule has 0 amide bonds. The Balaban J connectivity index is 1.96. The number of rotatable bonds is 4. The summed E-state index contributed by atoms with van der Waals surface area (Å²) >= 11 is 1.26. The van der Waals surface area contributed by atoms with Gasteiger partial charge in [-0.05, 0) is 47.3 Å². The van der Waals surface area contributed by atoms with Crippen molar-refractivity contribution in [2.75, 3.05) is 7.11 Å². The van der Waals surface area contributed by atoms with Crippen LogP contribution >= 0.6 is 11.3 Å². The van der Waals surface area contributed by atoms with E-state index in [1.165, 1.54) is 34.1 Å². The van der Waals surface area contributed by atoms with Crippen molar-refractivity contribution in [2.24, 2.45) is 0 Å². The van der Waals surface area contributed by atoms with Crippen molar-refractivity contribution in [3.63, 3.8) is 0 Å². The first-order valence-electron chi connectivity index (χ1n) is 8.20. The number of aromatic nitrogens is 2. The van der Waals surface area contributed by atoms with Crippen molar-refractivity contribution in [3.8, 4) is 11.4 Å². The molecule has 5 nitrogen and oxygen atoms in total. The first-order chi connectivity index (χ1) is 13.1. The van der Waals surface area contributed by atoms with E-state index >= 15 is 0 Å². The molecule has 0 N–H and O–H groups in total. The molecule has 0 aliphatic carbocycles. The number of thiophene rings is 1. The highest BCUT2D eigenvalue weighted by molar-refractivity contribution is 7.17. The molecule has 0 atom stereocenters. The zero-order valence-electron chi connectivity index (χ0n) is 14.4. The van der Waals surface area contributed by atoms with E-state index in [0.29, 0.717) is 16.0 Å². The van der Waals surface area contributed by atoms with Crippen LogP contribution in [0.1, 0.15) is 5.56 Å². The van der Waals surface area contributed by atoms with E-state index in [0.717, 1.165) is 10.1 Å². The van der Waals surface area contributed by atoms with E-state index in [-0.39, 0.29) is 12.2 Å². The standard InChI is InChI=1S/C20H15FN2O3S/c1-26-16-7-2-4-13(10-16)12-22-17-8-9-27-18(17)19(24)23(20(22)25)15-6-3-5-14(21)11-15/h2-11H,12H2,1H3. The molecule has 0 saturated carbocycles. The Hall–Kier alpha value is -3.19. The number of methoxy groups -OCH3 is 1.